The average Bonchev–Trinajstić information content (AvgIpc) is 2.69. The minimum absolute atomic E-state index is 0.0938. The molecule has 1 saturated heterocycles. The minimum atomic E-state index is -1.19. The van der Waals surface area contributed by atoms with Gasteiger partial charge in [-0.1, -0.05) is 0 Å². The standard InChI is InChI=1S/C12H16N2O4S/c1-7-9(18-8(2)13-7)10(15)14-12(11(16)17)3-5-19-6-4-12/h3-6H2,1-2H3,(H,14,15)(H,16,17). The summed E-state index contributed by atoms with van der Waals surface area (Å²) in [4.78, 5) is 27.6. The molecule has 7 heteroatoms. The number of thioether (sulfide) groups is 1. The Morgan fingerprint density at radius 3 is 2.47 bits per heavy atom. The highest BCUT2D eigenvalue weighted by Crippen LogP contribution is 2.28. The van der Waals surface area contributed by atoms with E-state index in [0.29, 0.717) is 24.4 Å². The largest absolute Gasteiger partial charge is 0.480 e. The van der Waals surface area contributed by atoms with Gasteiger partial charge in [-0.05, 0) is 31.3 Å². The first kappa shape index (κ1) is 13.9. The summed E-state index contributed by atoms with van der Waals surface area (Å²) in [6, 6.07) is 0. The molecule has 1 aromatic rings. The van der Waals surface area contributed by atoms with Crippen molar-refractivity contribution < 1.29 is 19.1 Å². The van der Waals surface area contributed by atoms with Crippen molar-refractivity contribution in [2.24, 2.45) is 0 Å². The topological polar surface area (TPSA) is 92.4 Å². The van der Waals surface area contributed by atoms with Gasteiger partial charge in [-0.15, -0.1) is 0 Å². The molecule has 0 bridgehead atoms. The van der Waals surface area contributed by atoms with Crippen LogP contribution in [-0.4, -0.2) is 39.0 Å². The Bertz CT molecular complexity index is 506. The maximum atomic E-state index is 12.1. The fourth-order valence-corrected chi connectivity index (χ4v) is 3.32. The van der Waals surface area contributed by atoms with Crippen LogP contribution in [0, 0.1) is 13.8 Å². The summed E-state index contributed by atoms with van der Waals surface area (Å²) in [5.41, 5.74) is -0.712. The number of rotatable bonds is 3. The van der Waals surface area contributed by atoms with Crippen LogP contribution in [0.25, 0.3) is 0 Å². The number of hydrogen-bond donors (Lipinski definition) is 2. The van der Waals surface area contributed by atoms with E-state index in [9.17, 15) is 14.7 Å². The van der Waals surface area contributed by atoms with E-state index in [-0.39, 0.29) is 5.76 Å². The number of nitrogens with zero attached hydrogens (tertiary/aromatic N) is 1. The van der Waals surface area contributed by atoms with Crippen molar-refractivity contribution in [1.29, 1.82) is 0 Å². The Morgan fingerprint density at radius 1 is 1.37 bits per heavy atom. The second kappa shape index (κ2) is 5.24. The van der Waals surface area contributed by atoms with Gasteiger partial charge in [0.1, 0.15) is 5.54 Å². The van der Waals surface area contributed by atoms with Gasteiger partial charge >= 0.3 is 5.97 Å². The second-order valence-corrected chi connectivity index (χ2v) is 5.83. The number of hydrogen-bond acceptors (Lipinski definition) is 5. The molecule has 1 fully saturated rings. The van der Waals surface area contributed by atoms with Gasteiger partial charge < -0.3 is 14.8 Å². The molecule has 1 aliphatic heterocycles. The summed E-state index contributed by atoms with van der Waals surface area (Å²) in [7, 11) is 0. The average molecular weight is 284 g/mol. The molecule has 104 valence electrons. The number of aryl methyl sites for hydroxylation is 2. The Morgan fingerprint density at radius 2 is 2.00 bits per heavy atom. The molecule has 2 heterocycles. The van der Waals surface area contributed by atoms with E-state index in [0.717, 1.165) is 11.5 Å². The van der Waals surface area contributed by atoms with Crippen LogP contribution in [0.3, 0.4) is 0 Å². The molecule has 19 heavy (non-hydrogen) atoms. The first-order valence-electron chi connectivity index (χ1n) is 6.02. The second-order valence-electron chi connectivity index (χ2n) is 4.60. The van der Waals surface area contributed by atoms with E-state index in [1.165, 1.54) is 0 Å². The molecule has 6 nitrogen and oxygen atoms in total. The first-order valence-corrected chi connectivity index (χ1v) is 7.18. The Hall–Kier alpha value is -1.50. The van der Waals surface area contributed by atoms with E-state index >= 15 is 0 Å². The highest BCUT2D eigenvalue weighted by molar-refractivity contribution is 7.99. The van der Waals surface area contributed by atoms with Crippen LogP contribution >= 0.6 is 11.8 Å². The van der Waals surface area contributed by atoms with Crippen molar-refractivity contribution in [3.05, 3.63) is 17.3 Å². The first-order chi connectivity index (χ1) is 8.94. The minimum Gasteiger partial charge on any atom is -0.480 e. The third-order valence-corrected chi connectivity index (χ3v) is 4.20. The maximum Gasteiger partial charge on any atom is 0.329 e. The van der Waals surface area contributed by atoms with Crippen LogP contribution in [0.15, 0.2) is 4.42 Å². The molecule has 1 aliphatic rings. The smallest absolute Gasteiger partial charge is 0.329 e. The normalized spacial score (nSPS) is 18.0. The molecule has 0 saturated carbocycles. The number of aromatic nitrogens is 1. The number of nitrogens with one attached hydrogen (secondary N) is 1. The van der Waals surface area contributed by atoms with Crippen LogP contribution in [0.4, 0.5) is 0 Å². The molecule has 0 atom stereocenters. The number of carboxylic acids is 1. The van der Waals surface area contributed by atoms with Gasteiger partial charge in [0, 0.05) is 6.92 Å². The summed E-state index contributed by atoms with van der Waals surface area (Å²) in [5.74, 6) is 0.437. The molecule has 2 N–H and O–H groups in total. The molecule has 0 aromatic carbocycles. The van der Waals surface area contributed by atoms with Crippen molar-refractivity contribution in [3.8, 4) is 0 Å². The van der Waals surface area contributed by atoms with Crippen LogP contribution in [-0.2, 0) is 4.79 Å². The van der Waals surface area contributed by atoms with Gasteiger partial charge in [0.25, 0.3) is 5.91 Å². The van der Waals surface area contributed by atoms with Crippen molar-refractivity contribution in [3.63, 3.8) is 0 Å². The van der Waals surface area contributed by atoms with Gasteiger partial charge in [-0.25, -0.2) is 9.78 Å². The SMILES string of the molecule is Cc1nc(C)c(C(=O)NC2(C(=O)O)CCSCC2)o1. The summed E-state index contributed by atoms with van der Waals surface area (Å²) in [6.07, 6.45) is 0.843. The van der Waals surface area contributed by atoms with E-state index in [1.54, 1.807) is 25.6 Å². The van der Waals surface area contributed by atoms with Gasteiger partial charge in [0.2, 0.25) is 5.76 Å². The number of oxazole rings is 1. The lowest BCUT2D eigenvalue weighted by Crippen LogP contribution is -2.56. The fraction of sp³-hybridized carbons (Fsp3) is 0.583. The predicted molar refractivity (Wildman–Crippen MR) is 70.4 cm³/mol. The molecule has 2 rings (SSSR count). The van der Waals surface area contributed by atoms with Crippen LogP contribution in [0.5, 0.6) is 0 Å². The molecular weight excluding hydrogens is 268 g/mol. The molecule has 0 unspecified atom stereocenters. The lowest BCUT2D eigenvalue weighted by atomic mass is 9.92. The predicted octanol–water partition coefficient (Wildman–Crippen LogP) is 1.37. The van der Waals surface area contributed by atoms with E-state index in [2.05, 4.69) is 10.3 Å². The number of carbonyl (C=O) groups excluding carboxylic acids is 1. The molecule has 0 aliphatic carbocycles. The third-order valence-electron chi connectivity index (χ3n) is 3.22. The van der Waals surface area contributed by atoms with Gasteiger partial charge in [0.15, 0.2) is 5.89 Å². The third kappa shape index (κ3) is 2.75. The summed E-state index contributed by atoms with van der Waals surface area (Å²) >= 11 is 1.69. The van der Waals surface area contributed by atoms with E-state index in [1.807, 2.05) is 0 Å². The summed E-state index contributed by atoms with van der Waals surface area (Å²) < 4.78 is 5.22. The molecule has 1 aromatic heterocycles. The Balaban J connectivity index is 2.20. The number of amides is 1. The molecular formula is C12H16N2O4S. The summed E-state index contributed by atoms with van der Waals surface area (Å²) in [6.45, 7) is 3.31. The molecule has 0 spiro atoms. The lowest BCUT2D eigenvalue weighted by Gasteiger charge is -2.33. The fourth-order valence-electron chi connectivity index (χ4n) is 2.13. The molecule has 0 radical (unpaired) electrons. The summed E-state index contributed by atoms with van der Waals surface area (Å²) in [5, 5.41) is 12.0. The van der Waals surface area contributed by atoms with Crippen molar-refractivity contribution in [1.82, 2.24) is 10.3 Å². The van der Waals surface area contributed by atoms with Crippen LogP contribution < -0.4 is 5.32 Å². The Kier molecular flexibility index (Phi) is 3.84. The van der Waals surface area contributed by atoms with Gasteiger partial charge in [-0.2, -0.15) is 11.8 Å². The zero-order chi connectivity index (χ0) is 14.0. The highest BCUT2D eigenvalue weighted by Gasteiger charge is 2.42. The number of carboxylic acid groups (broad SMARTS) is 1. The Labute approximate surface area is 115 Å². The van der Waals surface area contributed by atoms with Crippen LogP contribution in [0.2, 0.25) is 0 Å². The van der Waals surface area contributed by atoms with Crippen molar-refractivity contribution in [2.75, 3.05) is 11.5 Å². The number of carbonyl (C=O) groups is 2. The van der Waals surface area contributed by atoms with E-state index < -0.39 is 17.4 Å². The maximum absolute atomic E-state index is 12.1. The van der Waals surface area contributed by atoms with Gasteiger partial charge in [-0.3, -0.25) is 4.79 Å². The van der Waals surface area contributed by atoms with E-state index in [4.69, 9.17) is 4.42 Å². The lowest BCUT2D eigenvalue weighted by molar-refractivity contribution is -0.144. The zero-order valence-electron chi connectivity index (χ0n) is 10.9. The highest BCUT2D eigenvalue weighted by atomic mass is 32.2. The monoisotopic (exact) mass is 284 g/mol. The van der Waals surface area contributed by atoms with Crippen LogP contribution in [0.1, 0.15) is 35.0 Å². The zero-order valence-corrected chi connectivity index (χ0v) is 11.7. The quantitative estimate of drug-likeness (QED) is 0.871. The number of aliphatic carboxylic acids is 1. The molecule has 1 amide bonds. The van der Waals surface area contributed by atoms with Crippen molar-refractivity contribution >= 4 is 23.6 Å². The van der Waals surface area contributed by atoms with Crippen molar-refractivity contribution in [2.45, 2.75) is 32.2 Å². The van der Waals surface area contributed by atoms with Gasteiger partial charge in [0.05, 0.1) is 5.69 Å².